The second-order valence-electron chi connectivity index (χ2n) is 7.88. The van der Waals surface area contributed by atoms with E-state index in [1.807, 2.05) is 0 Å². The Bertz CT molecular complexity index is 983. The molecule has 1 aliphatic heterocycles. The molecule has 32 heavy (non-hydrogen) atoms. The first kappa shape index (κ1) is 24.0. The van der Waals surface area contributed by atoms with E-state index in [9.17, 15) is 32.3 Å². The molecule has 1 aromatic carbocycles. The fourth-order valence-electron chi connectivity index (χ4n) is 4.09. The number of aromatic nitrogens is 2. The predicted octanol–water partition coefficient (Wildman–Crippen LogP) is 4.50. The SMILES string of the molecule is Cc1c(Cl)c(C(F)(F)F)nn1CC(=O)N1CCC(C(CC(=O)O)c2ccc(F)cc2)CC1. The lowest BCUT2D eigenvalue weighted by Gasteiger charge is -2.36. The Hall–Kier alpha value is -2.62. The third-order valence-electron chi connectivity index (χ3n) is 5.84. The Morgan fingerprint density at radius 1 is 1.22 bits per heavy atom. The summed E-state index contributed by atoms with van der Waals surface area (Å²) in [7, 11) is 0. The van der Waals surface area contributed by atoms with Crippen molar-refractivity contribution in [2.24, 2.45) is 5.92 Å². The molecule has 1 N–H and O–H groups in total. The van der Waals surface area contributed by atoms with Gasteiger partial charge in [-0.15, -0.1) is 0 Å². The molecule has 0 spiro atoms. The first-order valence-electron chi connectivity index (χ1n) is 10.0. The van der Waals surface area contributed by atoms with Crippen molar-refractivity contribution >= 4 is 23.5 Å². The van der Waals surface area contributed by atoms with E-state index in [1.54, 1.807) is 12.1 Å². The van der Waals surface area contributed by atoms with E-state index in [4.69, 9.17) is 11.6 Å². The number of piperidine rings is 1. The summed E-state index contributed by atoms with van der Waals surface area (Å²) in [5.41, 5.74) is -0.445. The van der Waals surface area contributed by atoms with Crippen LogP contribution < -0.4 is 0 Å². The molecule has 0 bridgehead atoms. The summed E-state index contributed by atoms with van der Waals surface area (Å²) in [5.74, 6) is -2.13. The van der Waals surface area contributed by atoms with Gasteiger partial charge in [-0.3, -0.25) is 14.3 Å². The number of carboxylic acids is 1. The number of alkyl halides is 3. The van der Waals surface area contributed by atoms with E-state index in [-0.39, 0.29) is 30.5 Å². The van der Waals surface area contributed by atoms with E-state index in [0.717, 1.165) is 10.2 Å². The second kappa shape index (κ2) is 9.48. The maximum absolute atomic E-state index is 13.3. The maximum Gasteiger partial charge on any atom is 0.436 e. The minimum absolute atomic E-state index is 0.0293. The van der Waals surface area contributed by atoms with Crippen molar-refractivity contribution in [1.29, 1.82) is 0 Å². The number of hydrogen-bond donors (Lipinski definition) is 1. The van der Waals surface area contributed by atoms with Crippen LogP contribution in [0.2, 0.25) is 5.02 Å². The van der Waals surface area contributed by atoms with E-state index in [1.165, 1.54) is 24.0 Å². The number of hydrogen-bond acceptors (Lipinski definition) is 3. The van der Waals surface area contributed by atoms with E-state index in [2.05, 4.69) is 5.10 Å². The summed E-state index contributed by atoms with van der Waals surface area (Å²) in [6, 6.07) is 5.72. The molecule has 1 saturated heterocycles. The molecule has 1 unspecified atom stereocenters. The van der Waals surface area contributed by atoms with Crippen molar-refractivity contribution in [2.75, 3.05) is 13.1 Å². The van der Waals surface area contributed by atoms with Crippen molar-refractivity contribution in [2.45, 2.75) is 44.8 Å². The number of carboxylic acid groups (broad SMARTS) is 1. The summed E-state index contributed by atoms with van der Waals surface area (Å²) < 4.78 is 53.2. The lowest BCUT2D eigenvalue weighted by molar-refractivity contribution is -0.142. The van der Waals surface area contributed by atoms with Gasteiger partial charge in [0, 0.05) is 13.1 Å². The van der Waals surface area contributed by atoms with Crippen molar-refractivity contribution < 1.29 is 32.3 Å². The summed E-state index contributed by atoms with van der Waals surface area (Å²) in [4.78, 5) is 25.5. The van der Waals surface area contributed by atoms with Gasteiger partial charge in [0.1, 0.15) is 12.4 Å². The highest BCUT2D eigenvalue weighted by Gasteiger charge is 2.38. The molecule has 2 aromatic rings. The minimum atomic E-state index is -4.71. The fraction of sp³-hybridized carbons (Fsp3) is 0.476. The number of aliphatic carboxylic acids is 1. The normalized spacial score (nSPS) is 16.2. The molecule has 1 atom stereocenters. The molecule has 11 heteroatoms. The molecule has 174 valence electrons. The summed E-state index contributed by atoms with van der Waals surface area (Å²) in [5, 5.41) is 12.2. The number of likely N-dealkylation sites (tertiary alicyclic amines) is 1. The van der Waals surface area contributed by atoms with Crippen LogP contribution in [0.15, 0.2) is 24.3 Å². The molecular weight excluding hydrogens is 454 g/mol. The van der Waals surface area contributed by atoms with Gasteiger partial charge < -0.3 is 10.0 Å². The molecule has 2 heterocycles. The van der Waals surface area contributed by atoms with Crippen molar-refractivity contribution in [3.05, 3.63) is 52.1 Å². The highest BCUT2D eigenvalue weighted by Crippen LogP contribution is 2.37. The number of amides is 1. The monoisotopic (exact) mass is 475 g/mol. The first-order chi connectivity index (χ1) is 15.0. The number of carbonyl (C=O) groups excluding carboxylic acids is 1. The molecule has 6 nitrogen and oxygen atoms in total. The zero-order chi connectivity index (χ0) is 23.6. The van der Waals surface area contributed by atoms with Gasteiger partial charge in [0.05, 0.1) is 17.1 Å². The third-order valence-corrected chi connectivity index (χ3v) is 6.29. The summed E-state index contributed by atoms with van der Waals surface area (Å²) >= 11 is 5.73. The van der Waals surface area contributed by atoms with E-state index in [0.29, 0.717) is 25.9 Å². The van der Waals surface area contributed by atoms with Crippen molar-refractivity contribution in [3.8, 4) is 0 Å². The van der Waals surface area contributed by atoms with E-state index >= 15 is 0 Å². The Labute approximate surface area is 186 Å². The van der Waals surface area contributed by atoms with Crippen LogP contribution in [0.3, 0.4) is 0 Å². The van der Waals surface area contributed by atoms with Crippen LogP contribution in [-0.2, 0) is 22.3 Å². The van der Waals surface area contributed by atoms with Crippen LogP contribution >= 0.6 is 11.6 Å². The Morgan fingerprint density at radius 2 is 1.81 bits per heavy atom. The van der Waals surface area contributed by atoms with Gasteiger partial charge in [-0.2, -0.15) is 18.3 Å². The van der Waals surface area contributed by atoms with Crippen LogP contribution in [-0.4, -0.2) is 44.8 Å². The first-order valence-corrected chi connectivity index (χ1v) is 10.4. The smallest absolute Gasteiger partial charge is 0.436 e. The molecule has 0 radical (unpaired) electrons. The van der Waals surface area contributed by atoms with Gasteiger partial charge in [-0.05, 0) is 49.3 Å². The minimum Gasteiger partial charge on any atom is -0.481 e. The van der Waals surface area contributed by atoms with Crippen LogP contribution in [0.25, 0.3) is 0 Å². The highest BCUT2D eigenvalue weighted by molar-refractivity contribution is 6.32. The van der Waals surface area contributed by atoms with Crippen LogP contribution in [0.5, 0.6) is 0 Å². The number of carbonyl (C=O) groups is 2. The summed E-state index contributed by atoms with van der Waals surface area (Å²) in [6.45, 7) is 1.66. The fourth-order valence-corrected chi connectivity index (χ4v) is 4.34. The molecule has 1 aromatic heterocycles. The highest BCUT2D eigenvalue weighted by atomic mass is 35.5. The lowest BCUT2D eigenvalue weighted by atomic mass is 9.78. The van der Waals surface area contributed by atoms with Crippen LogP contribution in [0, 0.1) is 18.7 Å². The van der Waals surface area contributed by atoms with Crippen molar-refractivity contribution in [1.82, 2.24) is 14.7 Å². The van der Waals surface area contributed by atoms with Gasteiger partial charge in [0.25, 0.3) is 0 Å². The zero-order valence-electron chi connectivity index (χ0n) is 17.2. The van der Waals surface area contributed by atoms with Gasteiger partial charge in [-0.1, -0.05) is 23.7 Å². The zero-order valence-corrected chi connectivity index (χ0v) is 18.0. The molecule has 0 saturated carbocycles. The average Bonchev–Trinajstić information content (AvgIpc) is 3.01. The molecule has 1 amide bonds. The molecule has 0 aliphatic carbocycles. The lowest BCUT2D eigenvalue weighted by Crippen LogP contribution is -2.41. The Kier molecular flexibility index (Phi) is 7.12. The van der Waals surface area contributed by atoms with Gasteiger partial charge >= 0.3 is 12.1 Å². The van der Waals surface area contributed by atoms with Crippen LogP contribution in [0.1, 0.15) is 42.1 Å². The average molecular weight is 476 g/mol. The van der Waals surface area contributed by atoms with Gasteiger partial charge in [-0.25, -0.2) is 4.39 Å². The van der Waals surface area contributed by atoms with Gasteiger partial charge in [0.2, 0.25) is 5.91 Å². The third kappa shape index (κ3) is 5.40. The van der Waals surface area contributed by atoms with Gasteiger partial charge in [0.15, 0.2) is 5.69 Å². The number of benzene rings is 1. The molecule has 1 aliphatic rings. The summed E-state index contributed by atoms with van der Waals surface area (Å²) in [6.07, 6.45) is -3.79. The maximum atomic E-state index is 13.3. The number of nitrogens with zero attached hydrogens (tertiary/aromatic N) is 3. The Balaban J connectivity index is 1.66. The standard InChI is InChI=1S/C21H22ClF4N3O3/c1-12-19(22)20(21(24,25)26)27-29(12)11-17(30)28-8-6-14(7-9-28)16(10-18(31)32)13-2-4-15(23)5-3-13/h2-5,14,16H,6-11H2,1H3,(H,31,32). The second-order valence-corrected chi connectivity index (χ2v) is 8.26. The largest absolute Gasteiger partial charge is 0.481 e. The number of rotatable bonds is 6. The molecule has 3 rings (SSSR count). The van der Waals surface area contributed by atoms with E-state index < -0.39 is 34.6 Å². The quantitative estimate of drug-likeness (QED) is 0.624. The Morgan fingerprint density at radius 3 is 2.31 bits per heavy atom. The van der Waals surface area contributed by atoms with Crippen molar-refractivity contribution in [3.63, 3.8) is 0 Å². The molecule has 1 fully saturated rings. The number of halogens is 5. The van der Waals surface area contributed by atoms with Crippen LogP contribution in [0.4, 0.5) is 17.6 Å². The molecular formula is C21H22ClF4N3O3. The predicted molar refractivity (Wildman–Crippen MR) is 108 cm³/mol. The topological polar surface area (TPSA) is 75.4 Å².